The van der Waals surface area contributed by atoms with E-state index in [0.717, 1.165) is 35.7 Å². The predicted octanol–water partition coefficient (Wildman–Crippen LogP) is 4.12. The van der Waals surface area contributed by atoms with Gasteiger partial charge in [-0.1, -0.05) is 37.3 Å². The number of rotatable bonds is 4. The fraction of sp³-hybridized carbons (Fsp3) is 0.650. The van der Waals surface area contributed by atoms with Gasteiger partial charge in [-0.15, -0.1) is 0 Å². The first-order chi connectivity index (χ1) is 10.7. The molecular weight excluding hydrogens is 270 g/mol. The highest BCUT2D eigenvalue weighted by Gasteiger charge is 2.48. The van der Waals surface area contributed by atoms with Crippen LogP contribution in [0.3, 0.4) is 0 Å². The van der Waals surface area contributed by atoms with Gasteiger partial charge in [0.25, 0.3) is 0 Å². The minimum absolute atomic E-state index is 0.0124. The maximum Gasteiger partial charge on any atom is 0.227 e. The molecule has 4 aliphatic rings. The molecule has 0 saturated heterocycles. The molecule has 0 spiro atoms. The Morgan fingerprint density at radius 1 is 1.05 bits per heavy atom. The van der Waals surface area contributed by atoms with Crippen molar-refractivity contribution < 1.29 is 4.79 Å². The van der Waals surface area contributed by atoms with Gasteiger partial charge in [-0.05, 0) is 67.8 Å². The van der Waals surface area contributed by atoms with Crippen molar-refractivity contribution in [3.63, 3.8) is 0 Å². The molecule has 0 heterocycles. The van der Waals surface area contributed by atoms with Crippen LogP contribution in [0, 0.1) is 23.7 Å². The highest BCUT2D eigenvalue weighted by Crippen LogP contribution is 2.53. The molecule has 1 aromatic rings. The van der Waals surface area contributed by atoms with Crippen LogP contribution in [0.1, 0.15) is 56.9 Å². The van der Waals surface area contributed by atoms with Gasteiger partial charge in [0.1, 0.15) is 0 Å². The molecule has 5 rings (SSSR count). The Morgan fingerprint density at radius 3 is 2.18 bits per heavy atom. The normalized spacial score (nSPS) is 37.0. The first-order valence-electron chi connectivity index (χ1n) is 9.10. The average molecular weight is 297 g/mol. The fourth-order valence-corrected chi connectivity index (χ4v) is 5.68. The molecule has 4 fully saturated rings. The van der Waals surface area contributed by atoms with Crippen LogP contribution >= 0.6 is 0 Å². The molecule has 4 bridgehead atoms. The summed E-state index contributed by atoms with van der Waals surface area (Å²) in [4.78, 5) is 12.9. The lowest BCUT2D eigenvalue weighted by atomic mass is 9.54. The lowest BCUT2D eigenvalue weighted by molar-refractivity contribution is -0.126. The summed E-state index contributed by atoms with van der Waals surface area (Å²) in [5, 5.41) is 3.47. The Hall–Kier alpha value is -1.31. The molecule has 0 aliphatic heterocycles. The highest BCUT2D eigenvalue weighted by molar-refractivity contribution is 5.83. The maximum atomic E-state index is 12.9. The zero-order valence-corrected chi connectivity index (χ0v) is 13.5. The molecule has 2 heteroatoms. The molecule has 0 radical (unpaired) electrons. The zero-order chi connectivity index (χ0) is 15.1. The summed E-state index contributed by atoms with van der Waals surface area (Å²) in [6.45, 7) is 2.12. The van der Waals surface area contributed by atoms with Gasteiger partial charge in [0.15, 0.2) is 0 Å². The molecule has 118 valence electrons. The first kappa shape index (κ1) is 14.3. The summed E-state index contributed by atoms with van der Waals surface area (Å²) in [6, 6.07) is 10.7. The van der Waals surface area contributed by atoms with E-state index >= 15 is 0 Å². The van der Waals surface area contributed by atoms with E-state index < -0.39 is 0 Å². The average Bonchev–Trinajstić information content (AvgIpc) is 2.52. The number of hydrogen-bond donors (Lipinski definition) is 1. The van der Waals surface area contributed by atoms with E-state index in [9.17, 15) is 4.79 Å². The topological polar surface area (TPSA) is 29.1 Å². The standard InChI is InChI=1S/C20H27NO/c1-2-18(15-6-4-3-5-7-15)20(22)21-19-16-9-13-8-14(11-16)12-17(19)10-13/h3-7,13-14,16-19H,2,8-12H2,1H3,(H,21,22). The van der Waals surface area contributed by atoms with Gasteiger partial charge < -0.3 is 5.32 Å². The second kappa shape index (κ2) is 5.72. The summed E-state index contributed by atoms with van der Waals surface area (Å²) < 4.78 is 0. The third kappa shape index (κ3) is 2.47. The second-order valence-corrected chi connectivity index (χ2v) is 7.84. The monoisotopic (exact) mass is 297 g/mol. The van der Waals surface area contributed by atoms with Crippen molar-refractivity contribution in [2.24, 2.45) is 23.7 Å². The van der Waals surface area contributed by atoms with Crippen molar-refractivity contribution in [2.75, 3.05) is 0 Å². The summed E-state index contributed by atoms with van der Waals surface area (Å²) >= 11 is 0. The molecule has 1 amide bonds. The van der Waals surface area contributed by atoms with Crippen molar-refractivity contribution in [2.45, 2.75) is 57.4 Å². The predicted molar refractivity (Wildman–Crippen MR) is 88.4 cm³/mol. The largest absolute Gasteiger partial charge is 0.352 e. The second-order valence-electron chi connectivity index (χ2n) is 7.84. The van der Waals surface area contributed by atoms with Gasteiger partial charge in [0, 0.05) is 6.04 Å². The molecule has 1 aromatic carbocycles. The van der Waals surface area contributed by atoms with Crippen LogP contribution in [-0.2, 0) is 4.79 Å². The van der Waals surface area contributed by atoms with Crippen LogP contribution < -0.4 is 5.32 Å². The third-order valence-corrected chi connectivity index (χ3v) is 6.46. The van der Waals surface area contributed by atoms with E-state index in [1.54, 1.807) is 0 Å². The maximum absolute atomic E-state index is 12.9. The minimum atomic E-state index is 0.0124. The molecular formula is C20H27NO. The van der Waals surface area contributed by atoms with Crippen LogP contribution in [-0.4, -0.2) is 11.9 Å². The van der Waals surface area contributed by atoms with Crippen LogP contribution in [0.2, 0.25) is 0 Å². The lowest BCUT2D eigenvalue weighted by Gasteiger charge is -2.54. The SMILES string of the molecule is CCC(C(=O)NC1C2CC3CC(C2)CC1C3)c1ccccc1. The Morgan fingerprint density at radius 2 is 1.64 bits per heavy atom. The summed E-state index contributed by atoms with van der Waals surface area (Å²) in [5.74, 6) is 3.71. The summed E-state index contributed by atoms with van der Waals surface area (Å²) in [5.41, 5.74) is 1.16. The highest BCUT2D eigenvalue weighted by atomic mass is 16.1. The van der Waals surface area contributed by atoms with E-state index in [1.165, 1.54) is 32.1 Å². The number of carbonyl (C=O) groups is 1. The third-order valence-electron chi connectivity index (χ3n) is 6.46. The van der Waals surface area contributed by atoms with E-state index in [1.807, 2.05) is 18.2 Å². The molecule has 1 N–H and O–H groups in total. The zero-order valence-electron chi connectivity index (χ0n) is 13.5. The van der Waals surface area contributed by atoms with E-state index in [0.29, 0.717) is 6.04 Å². The molecule has 22 heavy (non-hydrogen) atoms. The number of nitrogens with one attached hydrogen (secondary N) is 1. The molecule has 2 nitrogen and oxygen atoms in total. The lowest BCUT2D eigenvalue weighted by Crippen LogP contribution is -2.56. The van der Waals surface area contributed by atoms with Gasteiger partial charge in [-0.25, -0.2) is 0 Å². The number of benzene rings is 1. The van der Waals surface area contributed by atoms with Crippen LogP contribution in [0.5, 0.6) is 0 Å². The first-order valence-corrected chi connectivity index (χ1v) is 9.10. The smallest absolute Gasteiger partial charge is 0.227 e. The van der Waals surface area contributed by atoms with Crippen LogP contribution in [0.25, 0.3) is 0 Å². The van der Waals surface area contributed by atoms with Crippen LogP contribution in [0.4, 0.5) is 0 Å². The van der Waals surface area contributed by atoms with Crippen molar-refractivity contribution >= 4 is 5.91 Å². The van der Waals surface area contributed by atoms with Crippen molar-refractivity contribution in [1.82, 2.24) is 5.32 Å². The van der Waals surface area contributed by atoms with Gasteiger partial charge in [-0.2, -0.15) is 0 Å². The number of hydrogen-bond acceptors (Lipinski definition) is 1. The van der Waals surface area contributed by atoms with Crippen molar-refractivity contribution in [3.8, 4) is 0 Å². The van der Waals surface area contributed by atoms with Crippen molar-refractivity contribution in [1.29, 1.82) is 0 Å². The number of carbonyl (C=O) groups excluding carboxylic acids is 1. The van der Waals surface area contributed by atoms with Crippen LogP contribution in [0.15, 0.2) is 30.3 Å². The molecule has 4 saturated carbocycles. The Labute approximate surface area is 133 Å². The van der Waals surface area contributed by atoms with Gasteiger partial charge in [-0.3, -0.25) is 4.79 Å². The quantitative estimate of drug-likeness (QED) is 0.890. The molecule has 4 aliphatic carbocycles. The Balaban J connectivity index is 1.47. The number of amides is 1. The van der Waals surface area contributed by atoms with Gasteiger partial charge in [0.05, 0.1) is 5.92 Å². The van der Waals surface area contributed by atoms with E-state index in [2.05, 4.69) is 24.4 Å². The van der Waals surface area contributed by atoms with E-state index in [-0.39, 0.29) is 11.8 Å². The molecule has 0 aromatic heterocycles. The van der Waals surface area contributed by atoms with Gasteiger partial charge >= 0.3 is 0 Å². The van der Waals surface area contributed by atoms with E-state index in [4.69, 9.17) is 0 Å². The fourth-order valence-electron chi connectivity index (χ4n) is 5.68. The summed E-state index contributed by atoms with van der Waals surface area (Å²) in [6.07, 6.45) is 7.79. The Kier molecular flexibility index (Phi) is 3.71. The van der Waals surface area contributed by atoms with Gasteiger partial charge in [0.2, 0.25) is 5.91 Å². The molecule has 1 unspecified atom stereocenters. The van der Waals surface area contributed by atoms with Crippen molar-refractivity contribution in [3.05, 3.63) is 35.9 Å². The Bertz CT molecular complexity index is 510. The minimum Gasteiger partial charge on any atom is -0.352 e. The molecule has 1 atom stereocenters. The summed E-state index contributed by atoms with van der Waals surface area (Å²) in [7, 11) is 0.